The van der Waals surface area contributed by atoms with Gasteiger partial charge in [-0.1, -0.05) is 78.4 Å². The molecule has 0 aliphatic rings. The molecule has 37 heavy (non-hydrogen) atoms. The molecule has 1 amide bonds. The molecule has 1 heterocycles. The van der Waals surface area contributed by atoms with Crippen LogP contribution in [-0.2, 0) is 6.61 Å². The van der Waals surface area contributed by atoms with E-state index in [2.05, 4.69) is 15.6 Å². The van der Waals surface area contributed by atoms with Crippen LogP contribution in [0.1, 0.15) is 27.2 Å². The maximum Gasteiger partial charge on any atom is 0.291 e. The Kier molecular flexibility index (Phi) is 7.18. The van der Waals surface area contributed by atoms with Crippen molar-refractivity contribution in [2.24, 2.45) is 5.10 Å². The van der Waals surface area contributed by atoms with Gasteiger partial charge in [0.25, 0.3) is 5.91 Å². The molecule has 0 bridgehead atoms. The first-order chi connectivity index (χ1) is 18.2. The van der Waals surface area contributed by atoms with Gasteiger partial charge < -0.3 is 4.74 Å². The van der Waals surface area contributed by atoms with Crippen molar-refractivity contribution in [3.05, 3.63) is 138 Å². The molecule has 5 aromatic rings. The normalized spacial score (nSPS) is 10.9. The van der Waals surface area contributed by atoms with Crippen LogP contribution in [0.15, 0.2) is 120 Å². The predicted molar refractivity (Wildman–Crippen MR) is 146 cm³/mol. The number of benzene rings is 4. The summed E-state index contributed by atoms with van der Waals surface area (Å²) in [4.78, 5) is 12.9. The van der Waals surface area contributed by atoms with Crippen LogP contribution in [0.25, 0.3) is 16.9 Å². The molecule has 0 fully saturated rings. The van der Waals surface area contributed by atoms with E-state index in [-0.39, 0.29) is 11.6 Å². The second-order valence-corrected chi connectivity index (χ2v) is 8.57. The van der Waals surface area contributed by atoms with Crippen LogP contribution in [0.5, 0.6) is 5.75 Å². The van der Waals surface area contributed by atoms with E-state index >= 15 is 0 Å². The van der Waals surface area contributed by atoms with Crippen molar-refractivity contribution in [3.63, 3.8) is 0 Å². The first kappa shape index (κ1) is 23.8. The summed E-state index contributed by atoms with van der Waals surface area (Å²) < 4.78 is 7.59. The van der Waals surface area contributed by atoms with Gasteiger partial charge in [0, 0.05) is 5.56 Å². The fourth-order valence-electron chi connectivity index (χ4n) is 3.80. The highest BCUT2D eigenvalue weighted by Gasteiger charge is 2.16. The summed E-state index contributed by atoms with van der Waals surface area (Å²) >= 11 is 0. The Hall–Kier alpha value is -4.97. The Morgan fingerprint density at radius 1 is 0.892 bits per heavy atom. The number of nitrogens with zero attached hydrogens (tertiary/aromatic N) is 3. The molecule has 0 unspecified atom stereocenters. The molecular formula is C31H26N4O2. The monoisotopic (exact) mass is 486 g/mol. The molecule has 0 radical (unpaired) electrons. The summed E-state index contributed by atoms with van der Waals surface area (Å²) in [7, 11) is 0. The van der Waals surface area contributed by atoms with Gasteiger partial charge in [-0.25, -0.2) is 10.1 Å². The SMILES string of the molecule is Cc1ccc(-c2cc(C(=O)N/N=C\c3ccc(OCc4ccccc4)cc3)nn2-c2ccccc2)cc1. The molecular weight excluding hydrogens is 460 g/mol. The molecule has 0 spiro atoms. The summed E-state index contributed by atoms with van der Waals surface area (Å²) in [5, 5.41) is 8.70. The van der Waals surface area contributed by atoms with Crippen molar-refractivity contribution < 1.29 is 9.53 Å². The second-order valence-electron chi connectivity index (χ2n) is 8.57. The lowest BCUT2D eigenvalue weighted by atomic mass is 10.1. The highest BCUT2D eigenvalue weighted by Crippen LogP contribution is 2.24. The number of hydrogen-bond acceptors (Lipinski definition) is 4. The van der Waals surface area contributed by atoms with E-state index in [0.29, 0.717) is 6.61 Å². The summed E-state index contributed by atoms with van der Waals surface area (Å²) in [6.45, 7) is 2.55. The van der Waals surface area contributed by atoms with Crippen molar-refractivity contribution in [2.45, 2.75) is 13.5 Å². The van der Waals surface area contributed by atoms with Crippen LogP contribution >= 0.6 is 0 Å². The smallest absolute Gasteiger partial charge is 0.291 e. The van der Waals surface area contributed by atoms with Gasteiger partial charge in [-0.15, -0.1) is 0 Å². The second kappa shape index (κ2) is 11.2. The Bertz CT molecular complexity index is 1490. The van der Waals surface area contributed by atoms with Crippen LogP contribution in [-0.4, -0.2) is 21.9 Å². The third kappa shape index (κ3) is 6.00. The number of hydrazone groups is 1. The molecule has 1 N–H and O–H groups in total. The average Bonchev–Trinajstić information content (AvgIpc) is 3.40. The fourth-order valence-corrected chi connectivity index (χ4v) is 3.80. The van der Waals surface area contributed by atoms with Gasteiger partial charge >= 0.3 is 0 Å². The quantitative estimate of drug-likeness (QED) is 0.210. The minimum Gasteiger partial charge on any atom is -0.489 e. The number of carbonyl (C=O) groups excluding carboxylic acids is 1. The number of aryl methyl sites for hydroxylation is 1. The van der Waals surface area contributed by atoms with Gasteiger partial charge in [-0.3, -0.25) is 4.79 Å². The van der Waals surface area contributed by atoms with Crippen LogP contribution < -0.4 is 10.2 Å². The lowest BCUT2D eigenvalue weighted by Gasteiger charge is -2.07. The number of rotatable bonds is 8. The number of hydrogen-bond donors (Lipinski definition) is 1. The van der Waals surface area contributed by atoms with Gasteiger partial charge in [0.1, 0.15) is 12.4 Å². The van der Waals surface area contributed by atoms with Gasteiger partial charge in [-0.2, -0.15) is 10.2 Å². The zero-order valence-corrected chi connectivity index (χ0v) is 20.4. The number of nitrogens with one attached hydrogen (secondary N) is 1. The standard InChI is InChI=1S/C31H26N4O2/c1-23-12-16-26(17-13-23)30-20-29(34-35(30)27-10-6-3-7-11-27)31(36)33-32-21-24-14-18-28(19-15-24)37-22-25-8-4-2-5-9-25/h2-21H,22H2,1H3,(H,33,36)/b32-21-. The number of carbonyl (C=O) groups is 1. The molecule has 0 atom stereocenters. The van der Waals surface area contributed by atoms with Crippen LogP contribution in [0.4, 0.5) is 0 Å². The number of ether oxygens (including phenoxy) is 1. The Balaban J connectivity index is 1.27. The van der Waals surface area contributed by atoms with Crippen molar-refractivity contribution in [1.29, 1.82) is 0 Å². The van der Waals surface area contributed by atoms with E-state index in [1.54, 1.807) is 17.0 Å². The molecule has 6 heteroatoms. The summed E-state index contributed by atoms with van der Waals surface area (Å²) in [6.07, 6.45) is 1.59. The minimum atomic E-state index is -0.387. The highest BCUT2D eigenvalue weighted by molar-refractivity contribution is 5.94. The molecule has 5 rings (SSSR count). The van der Waals surface area contributed by atoms with E-state index in [9.17, 15) is 4.79 Å². The minimum absolute atomic E-state index is 0.279. The molecule has 0 saturated heterocycles. The molecule has 6 nitrogen and oxygen atoms in total. The Labute approximate surface area is 215 Å². The van der Waals surface area contributed by atoms with E-state index in [4.69, 9.17) is 4.74 Å². The van der Waals surface area contributed by atoms with Gasteiger partial charge in [0.15, 0.2) is 5.69 Å². The molecule has 0 saturated carbocycles. The Morgan fingerprint density at radius 2 is 1.57 bits per heavy atom. The number of amides is 1. The average molecular weight is 487 g/mol. The van der Waals surface area contributed by atoms with Gasteiger partial charge in [-0.05, 0) is 60.5 Å². The zero-order chi connectivity index (χ0) is 25.5. The predicted octanol–water partition coefficient (Wildman–Crippen LogP) is 6.19. The topological polar surface area (TPSA) is 68.5 Å². The Morgan fingerprint density at radius 3 is 2.27 bits per heavy atom. The molecule has 1 aromatic heterocycles. The lowest BCUT2D eigenvalue weighted by molar-refractivity contribution is 0.0949. The van der Waals surface area contributed by atoms with Crippen LogP contribution in [0.3, 0.4) is 0 Å². The van der Waals surface area contributed by atoms with Gasteiger partial charge in [0.05, 0.1) is 17.6 Å². The summed E-state index contributed by atoms with van der Waals surface area (Å²) in [5.41, 5.74) is 8.64. The van der Waals surface area contributed by atoms with Crippen molar-refractivity contribution >= 4 is 12.1 Å². The van der Waals surface area contributed by atoms with E-state index in [1.807, 2.05) is 116 Å². The van der Waals surface area contributed by atoms with Gasteiger partial charge in [0.2, 0.25) is 0 Å². The van der Waals surface area contributed by atoms with E-state index in [1.165, 1.54) is 0 Å². The van der Waals surface area contributed by atoms with E-state index < -0.39 is 0 Å². The van der Waals surface area contributed by atoms with Crippen molar-refractivity contribution in [2.75, 3.05) is 0 Å². The number of para-hydroxylation sites is 1. The summed E-state index contributed by atoms with van der Waals surface area (Å²) in [5.74, 6) is 0.377. The van der Waals surface area contributed by atoms with E-state index in [0.717, 1.165) is 39.4 Å². The maximum atomic E-state index is 12.9. The van der Waals surface area contributed by atoms with Crippen molar-refractivity contribution in [1.82, 2.24) is 15.2 Å². The van der Waals surface area contributed by atoms with Crippen LogP contribution in [0.2, 0.25) is 0 Å². The third-order valence-electron chi connectivity index (χ3n) is 5.80. The first-order valence-electron chi connectivity index (χ1n) is 12.0. The summed E-state index contributed by atoms with van der Waals surface area (Å²) in [6, 6.07) is 37.2. The highest BCUT2D eigenvalue weighted by atomic mass is 16.5. The van der Waals surface area contributed by atoms with Crippen molar-refractivity contribution in [3.8, 4) is 22.7 Å². The first-order valence-corrected chi connectivity index (χ1v) is 12.0. The zero-order valence-electron chi connectivity index (χ0n) is 20.4. The molecule has 4 aromatic carbocycles. The largest absolute Gasteiger partial charge is 0.489 e. The molecule has 182 valence electrons. The van der Waals surface area contributed by atoms with Crippen LogP contribution in [0, 0.1) is 6.92 Å². The molecule has 0 aliphatic heterocycles. The lowest BCUT2D eigenvalue weighted by Crippen LogP contribution is -2.18. The maximum absolute atomic E-state index is 12.9. The molecule has 0 aliphatic carbocycles. The fraction of sp³-hybridized carbons (Fsp3) is 0.0645. The third-order valence-corrected chi connectivity index (χ3v) is 5.80. The number of aromatic nitrogens is 2.